The van der Waals surface area contributed by atoms with E-state index in [0.717, 1.165) is 0 Å². The lowest BCUT2D eigenvalue weighted by atomic mass is 10.2. The Morgan fingerprint density at radius 1 is 1.03 bits per heavy atom. The molecular weight excluding hydrogens is 492 g/mol. The molecule has 0 aliphatic heterocycles. The highest BCUT2D eigenvalue weighted by atomic mass is 32.2. The molecule has 2 amide bonds. The molecule has 0 aliphatic rings. The molecule has 0 saturated carbocycles. The Labute approximate surface area is 208 Å². The number of rotatable bonds is 11. The van der Waals surface area contributed by atoms with Gasteiger partial charge < -0.3 is 23.9 Å². The van der Waals surface area contributed by atoms with Crippen LogP contribution in [-0.4, -0.2) is 52.5 Å². The molecule has 3 aromatic rings. The smallest absolute Gasteiger partial charge is 0.339 e. The summed E-state index contributed by atoms with van der Waals surface area (Å²) in [6, 6.07) is 14.0. The lowest BCUT2D eigenvalue weighted by molar-refractivity contribution is -0.114. The van der Waals surface area contributed by atoms with Crippen molar-refractivity contribution in [2.45, 2.75) is 18.4 Å². The lowest BCUT2D eigenvalue weighted by Gasteiger charge is -2.22. The van der Waals surface area contributed by atoms with Crippen molar-refractivity contribution in [1.82, 2.24) is 4.90 Å². The van der Waals surface area contributed by atoms with Gasteiger partial charge in [0, 0.05) is 32.8 Å². The second-order valence-electron chi connectivity index (χ2n) is 7.43. The lowest BCUT2D eigenvalue weighted by Crippen LogP contribution is -2.33. The quantitative estimate of drug-likeness (QED) is 0.385. The van der Waals surface area contributed by atoms with E-state index in [0.29, 0.717) is 29.3 Å². The number of amides is 2. The van der Waals surface area contributed by atoms with Gasteiger partial charge in [0.1, 0.15) is 4.90 Å². The molecule has 11 heteroatoms. The highest BCUT2D eigenvalue weighted by Crippen LogP contribution is 2.32. The number of thiophene rings is 1. The third-order valence-corrected chi connectivity index (χ3v) is 6.96. The van der Waals surface area contributed by atoms with Crippen LogP contribution in [0.1, 0.15) is 22.2 Å². The number of hydrogen-bond donors (Lipinski definition) is 1. The van der Waals surface area contributed by atoms with Gasteiger partial charge >= 0.3 is 10.1 Å². The Kier molecular flexibility index (Phi) is 8.85. The second-order valence-corrected chi connectivity index (χ2v) is 9.92. The highest BCUT2D eigenvalue weighted by Gasteiger charge is 2.22. The Bertz CT molecular complexity index is 1260. The fourth-order valence-electron chi connectivity index (χ4n) is 3.19. The van der Waals surface area contributed by atoms with E-state index in [1.165, 1.54) is 55.7 Å². The molecule has 1 aromatic heterocycles. The van der Waals surface area contributed by atoms with E-state index in [1.54, 1.807) is 36.3 Å². The summed E-state index contributed by atoms with van der Waals surface area (Å²) in [5.41, 5.74) is 1.11. The minimum atomic E-state index is -4.19. The van der Waals surface area contributed by atoms with E-state index >= 15 is 0 Å². The standard InChI is InChI=1S/C24H26N2O7S2/c1-17(27)25-19-7-9-20(10-8-19)35(29,30)33-22-15-18(6-11-21(22)32-3)16-26(12-13-31-2)24(28)23-5-4-14-34-23/h4-11,14-15H,12-13,16H2,1-3H3,(H,25,27). The van der Waals surface area contributed by atoms with Gasteiger partial charge in [0.25, 0.3) is 5.91 Å². The number of nitrogens with one attached hydrogen (secondary N) is 1. The Morgan fingerprint density at radius 3 is 2.37 bits per heavy atom. The predicted octanol–water partition coefficient (Wildman–Crippen LogP) is 3.77. The van der Waals surface area contributed by atoms with Crippen molar-refractivity contribution in [2.75, 3.05) is 32.7 Å². The van der Waals surface area contributed by atoms with Gasteiger partial charge in [-0.25, -0.2) is 0 Å². The number of benzene rings is 2. The van der Waals surface area contributed by atoms with Gasteiger partial charge in [-0.3, -0.25) is 9.59 Å². The summed E-state index contributed by atoms with van der Waals surface area (Å²) in [6.45, 7) is 2.28. The van der Waals surface area contributed by atoms with Crippen LogP contribution in [0.15, 0.2) is 64.9 Å². The molecule has 0 spiro atoms. The van der Waals surface area contributed by atoms with Crippen molar-refractivity contribution >= 4 is 39.0 Å². The summed E-state index contributed by atoms with van der Waals surface area (Å²) in [5, 5.41) is 4.40. The molecule has 2 aromatic carbocycles. The molecule has 0 fully saturated rings. The van der Waals surface area contributed by atoms with E-state index in [2.05, 4.69) is 5.32 Å². The molecule has 9 nitrogen and oxygen atoms in total. The Hall–Kier alpha value is -3.41. The summed E-state index contributed by atoms with van der Waals surface area (Å²) in [5.74, 6) is -0.204. The molecule has 35 heavy (non-hydrogen) atoms. The van der Waals surface area contributed by atoms with Crippen LogP contribution < -0.4 is 14.2 Å². The third-order valence-electron chi connectivity index (χ3n) is 4.85. The van der Waals surface area contributed by atoms with Gasteiger partial charge in [-0.1, -0.05) is 12.1 Å². The predicted molar refractivity (Wildman–Crippen MR) is 132 cm³/mol. The van der Waals surface area contributed by atoms with Gasteiger partial charge in [-0.2, -0.15) is 8.42 Å². The molecule has 0 unspecified atom stereocenters. The number of ether oxygens (including phenoxy) is 2. The van der Waals surface area contributed by atoms with Crippen LogP contribution in [-0.2, 0) is 26.2 Å². The van der Waals surface area contributed by atoms with Crippen LogP contribution in [0.4, 0.5) is 5.69 Å². The monoisotopic (exact) mass is 518 g/mol. The molecule has 186 valence electrons. The zero-order valence-corrected chi connectivity index (χ0v) is 21.1. The molecule has 1 N–H and O–H groups in total. The topological polar surface area (TPSA) is 111 Å². The van der Waals surface area contributed by atoms with E-state index in [1.807, 2.05) is 5.38 Å². The van der Waals surface area contributed by atoms with Crippen molar-refractivity contribution in [3.05, 3.63) is 70.4 Å². The first-order chi connectivity index (χ1) is 16.7. The summed E-state index contributed by atoms with van der Waals surface area (Å²) < 4.78 is 41.6. The molecule has 0 aliphatic carbocycles. The average Bonchev–Trinajstić information content (AvgIpc) is 3.36. The van der Waals surface area contributed by atoms with Crippen LogP contribution in [0.5, 0.6) is 11.5 Å². The first-order valence-corrected chi connectivity index (χ1v) is 12.8. The maximum atomic E-state index is 12.9. The zero-order chi connectivity index (χ0) is 25.4. The maximum absolute atomic E-state index is 12.9. The van der Waals surface area contributed by atoms with Crippen molar-refractivity contribution in [3.63, 3.8) is 0 Å². The number of carbonyl (C=O) groups excluding carboxylic acids is 2. The van der Waals surface area contributed by atoms with Gasteiger partial charge in [0.2, 0.25) is 5.91 Å². The van der Waals surface area contributed by atoms with Crippen molar-refractivity contribution in [2.24, 2.45) is 0 Å². The van der Waals surface area contributed by atoms with Crippen LogP contribution >= 0.6 is 11.3 Å². The molecule has 0 saturated heterocycles. The summed E-state index contributed by atoms with van der Waals surface area (Å²) in [4.78, 5) is 26.2. The number of nitrogens with zero attached hydrogens (tertiary/aromatic N) is 1. The summed E-state index contributed by atoms with van der Waals surface area (Å²) >= 11 is 1.34. The second kappa shape index (κ2) is 11.8. The summed E-state index contributed by atoms with van der Waals surface area (Å²) in [7, 11) is -1.23. The summed E-state index contributed by atoms with van der Waals surface area (Å²) in [6.07, 6.45) is 0. The average molecular weight is 519 g/mol. The zero-order valence-electron chi connectivity index (χ0n) is 19.5. The fourth-order valence-corrected chi connectivity index (χ4v) is 4.81. The molecule has 0 bridgehead atoms. The maximum Gasteiger partial charge on any atom is 0.339 e. The number of methoxy groups -OCH3 is 2. The van der Waals surface area contributed by atoms with E-state index < -0.39 is 10.1 Å². The first kappa shape index (κ1) is 26.2. The Balaban J connectivity index is 1.84. The minimum absolute atomic E-state index is 0.00815. The van der Waals surface area contributed by atoms with Gasteiger partial charge in [0.15, 0.2) is 11.5 Å². The molecule has 1 heterocycles. The highest BCUT2D eigenvalue weighted by molar-refractivity contribution is 7.87. The van der Waals surface area contributed by atoms with Crippen LogP contribution in [0.3, 0.4) is 0 Å². The van der Waals surface area contributed by atoms with Gasteiger partial charge in [-0.15, -0.1) is 11.3 Å². The SMILES string of the molecule is COCCN(Cc1ccc(OC)c(OS(=O)(=O)c2ccc(NC(C)=O)cc2)c1)C(=O)c1cccs1. The van der Waals surface area contributed by atoms with Crippen molar-refractivity contribution in [3.8, 4) is 11.5 Å². The third kappa shape index (κ3) is 7.04. The van der Waals surface area contributed by atoms with Gasteiger partial charge in [0.05, 0.1) is 18.6 Å². The van der Waals surface area contributed by atoms with Crippen LogP contribution in [0.25, 0.3) is 0 Å². The number of anilines is 1. The van der Waals surface area contributed by atoms with E-state index in [-0.39, 0.29) is 34.8 Å². The minimum Gasteiger partial charge on any atom is -0.493 e. The largest absolute Gasteiger partial charge is 0.493 e. The molecule has 0 radical (unpaired) electrons. The Morgan fingerprint density at radius 2 is 1.77 bits per heavy atom. The van der Waals surface area contributed by atoms with Crippen molar-refractivity contribution < 1.29 is 31.7 Å². The molecule has 0 atom stereocenters. The number of carbonyl (C=O) groups is 2. The normalized spacial score (nSPS) is 11.1. The molecule has 3 rings (SSSR count). The number of hydrogen-bond acceptors (Lipinski definition) is 8. The fraction of sp³-hybridized carbons (Fsp3) is 0.250. The molecular formula is C24H26N2O7S2. The first-order valence-electron chi connectivity index (χ1n) is 10.5. The van der Waals surface area contributed by atoms with Crippen LogP contribution in [0.2, 0.25) is 0 Å². The van der Waals surface area contributed by atoms with Crippen LogP contribution in [0, 0.1) is 0 Å². The van der Waals surface area contributed by atoms with E-state index in [4.69, 9.17) is 13.7 Å². The van der Waals surface area contributed by atoms with Gasteiger partial charge in [-0.05, 0) is 53.4 Å². The van der Waals surface area contributed by atoms with Crippen molar-refractivity contribution in [1.29, 1.82) is 0 Å². The van der Waals surface area contributed by atoms with E-state index in [9.17, 15) is 18.0 Å².